The number of likely N-dealkylation sites (N-methyl/N-ethyl adjacent to an activating group) is 1. The lowest BCUT2D eigenvalue weighted by molar-refractivity contribution is -0.170. The average Bonchev–Trinajstić information content (AvgIpc) is 3.28. The Hall–Kier alpha value is -3.21. The molecule has 0 bridgehead atoms. The van der Waals surface area contributed by atoms with Crippen LogP contribution in [0.3, 0.4) is 0 Å². The summed E-state index contributed by atoms with van der Waals surface area (Å²) in [5.74, 6) is -4.16. The van der Waals surface area contributed by atoms with Crippen LogP contribution in [0, 0.1) is 0 Å². The Balaban J connectivity index is 0.000000366. The molecule has 33 heavy (non-hydrogen) atoms. The van der Waals surface area contributed by atoms with Gasteiger partial charge in [-0.3, -0.25) is 9.59 Å². The van der Waals surface area contributed by atoms with Crippen LogP contribution in [0.25, 0.3) is 0 Å². The highest BCUT2D eigenvalue weighted by atomic mass is 16.5. The van der Waals surface area contributed by atoms with Gasteiger partial charge in [-0.05, 0) is 30.8 Å². The Morgan fingerprint density at radius 3 is 1.97 bits per heavy atom. The number of hydrogen-bond donors (Lipinski definition) is 4. The first-order valence-electron chi connectivity index (χ1n) is 10.4. The summed E-state index contributed by atoms with van der Waals surface area (Å²) in [6.45, 7) is 8.08. The van der Waals surface area contributed by atoms with Crippen molar-refractivity contribution in [3.05, 3.63) is 60.1 Å². The molecule has 0 aliphatic carbocycles. The van der Waals surface area contributed by atoms with E-state index in [1.165, 1.54) is 0 Å². The highest BCUT2D eigenvalue weighted by Gasteiger charge is 2.40. The van der Waals surface area contributed by atoms with Crippen LogP contribution in [-0.4, -0.2) is 75.1 Å². The van der Waals surface area contributed by atoms with Crippen LogP contribution in [0.4, 0.5) is 0 Å². The molecule has 2 rings (SSSR count). The van der Waals surface area contributed by atoms with Crippen molar-refractivity contribution < 1.29 is 44.0 Å². The maximum Gasteiger partial charge on any atom is 0.336 e. The zero-order valence-corrected chi connectivity index (χ0v) is 18.7. The Bertz CT molecular complexity index is 832. The third-order valence-electron chi connectivity index (χ3n) is 4.78. The maximum absolute atomic E-state index is 10.3. The van der Waals surface area contributed by atoms with Crippen LogP contribution in [0.15, 0.2) is 53.1 Å². The molecule has 4 N–H and O–H groups in total. The fraction of sp³-hybridized carbons (Fsp3) is 0.435. The van der Waals surface area contributed by atoms with E-state index in [4.69, 9.17) is 29.6 Å². The van der Waals surface area contributed by atoms with E-state index < -0.39 is 36.4 Å². The molecular formula is C23H31NO9. The molecule has 0 aliphatic heterocycles. The van der Waals surface area contributed by atoms with E-state index in [2.05, 4.69) is 30.9 Å². The number of hydrogen-bond acceptors (Lipinski definition) is 7. The van der Waals surface area contributed by atoms with E-state index in [1.54, 1.807) is 6.26 Å². The van der Waals surface area contributed by atoms with E-state index in [9.17, 15) is 14.4 Å². The zero-order chi connectivity index (χ0) is 24.9. The molecule has 1 unspecified atom stereocenters. The van der Waals surface area contributed by atoms with E-state index in [0.717, 1.165) is 31.0 Å². The Morgan fingerprint density at radius 2 is 1.55 bits per heavy atom. The number of aliphatic carboxylic acids is 3. The molecule has 1 atom stereocenters. The van der Waals surface area contributed by atoms with Crippen LogP contribution in [0.5, 0.6) is 0 Å². The van der Waals surface area contributed by atoms with Crippen molar-refractivity contribution in [3.8, 4) is 0 Å². The minimum Gasteiger partial charge on any atom is -0.481 e. The average molecular weight is 465 g/mol. The first-order chi connectivity index (χ1) is 15.6. The number of aliphatic hydroxyl groups is 1. The molecule has 0 aliphatic rings. The van der Waals surface area contributed by atoms with Gasteiger partial charge in [0.2, 0.25) is 0 Å². The van der Waals surface area contributed by atoms with Crippen molar-refractivity contribution in [3.63, 3.8) is 0 Å². The molecule has 0 fully saturated rings. The number of furan rings is 1. The summed E-state index contributed by atoms with van der Waals surface area (Å²) in [6.07, 6.45) is -0.718. The lowest BCUT2D eigenvalue weighted by atomic mass is 9.96. The number of carboxylic acid groups (broad SMARTS) is 3. The van der Waals surface area contributed by atoms with Gasteiger partial charge in [0.05, 0.1) is 25.7 Å². The first-order valence-corrected chi connectivity index (χ1v) is 10.4. The smallest absolute Gasteiger partial charge is 0.336 e. The molecule has 2 aromatic rings. The topological polar surface area (TPSA) is 158 Å². The largest absolute Gasteiger partial charge is 0.481 e. The Kier molecular flexibility index (Phi) is 11.8. The van der Waals surface area contributed by atoms with Crippen LogP contribution < -0.4 is 0 Å². The van der Waals surface area contributed by atoms with Crippen LogP contribution in [0.1, 0.15) is 44.1 Å². The fourth-order valence-corrected chi connectivity index (χ4v) is 2.96. The summed E-state index contributed by atoms with van der Waals surface area (Å²) in [4.78, 5) is 32.8. The summed E-state index contributed by atoms with van der Waals surface area (Å²) in [7, 11) is 0. The van der Waals surface area contributed by atoms with Crippen molar-refractivity contribution in [2.45, 2.75) is 38.4 Å². The van der Waals surface area contributed by atoms with Crippen LogP contribution in [-0.2, 0) is 19.1 Å². The second-order valence-corrected chi connectivity index (χ2v) is 7.18. The third kappa shape index (κ3) is 9.85. The van der Waals surface area contributed by atoms with Crippen LogP contribution in [0.2, 0.25) is 0 Å². The molecule has 0 spiro atoms. The monoisotopic (exact) mass is 465 g/mol. The van der Waals surface area contributed by atoms with Crippen molar-refractivity contribution in [2.24, 2.45) is 0 Å². The molecule has 1 aromatic carbocycles. The first kappa shape index (κ1) is 27.8. The number of benzene rings is 1. The van der Waals surface area contributed by atoms with E-state index >= 15 is 0 Å². The summed E-state index contributed by atoms with van der Waals surface area (Å²) in [6, 6.07) is 14.1. The molecule has 0 saturated carbocycles. The van der Waals surface area contributed by atoms with Gasteiger partial charge in [0.15, 0.2) is 5.60 Å². The van der Waals surface area contributed by atoms with Gasteiger partial charge in [-0.25, -0.2) is 4.79 Å². The zero-order valence-electron chi connectivity index (χ0n) is 18.7. The third-order valence-corrected chi connectivity index (χ3v) is 4.78. The second-order valence-electron chi connectivity index (χ2n) is 7.18. The highest BCUT2D eigenvalue weighted by molar-refractivity contribution is 5.88. The molecule has 0 amide bonds. The molecular weight excluding hydrogens is 434 g/mol. The number of ether oxygens (including phenoxy) is 1. The van der Waals surface area contributed by atoms with Gasteiger partial charge in [0.1, 0.15) is 11.9 Å². The highest BCUT2D eigenvalue weighted by Crippen LogP contribution is 2.26. The summed E-state index contributed by atoms with van der Waals surface area (Å²) in [5, 5.41) is 33.8. The number of nitrogens with zero attached hydrogens (tertiary/aromatic N) is 1. The van der Waals surface area contributed by atoms with Gasteiger partial charge in [0.25, 0.3) is 0 Å². The normalized spacial score (nSPS) is 12.0. The summed E-state index contributed by atoms with van der Waals surface area (Å²) in [5.41, 5.74) is -1.61. The predicted octanol–water partition coefficient (Wildman–Crippen LogP) is 2.48. The van der Waals surface area contributed by atoms with Crippen molar-refractivity contribution in [1.29, 1.82) is 0 Å². The van der Waals surface area contributed by atoms with Crippen molar-refractivity contribution >= 4 is 17.9 Å². The molecule has 10 heteroatoms. The molecule has 182 valence electrons. The molecule has 10 nitrogen and oxygen atoms in total. The fourth-order valence-electron chi connectivity index (χ4n) is 2.96. The van der Waals surface area contributed by atoms with Gasteiger partial charge in [-0.2, -0.15) is 0 Å². The minimum absolute atomic E-state index is 0.123. The number of rotatable bonds is 13. The number of carbonyl (C=O) groups is 3. The van der Waals surface area contributed by atoms with E-state index in [0.29, 0.717) is 6.61 Å². The standard InChI is InChI=1S/C17H23NO2.C6H8O7/c1-3-18(4-2)12-14-20-17(16-11-8-13-19-16)15-9-6-5-7-10-15;7-3(8)1-6(13,5(11)12)2-4(9)10/h5-11,13,17H,3-4,12,14H2,1-2H3;13H,1-2H2,(H,7,8)(H,9,10)(H,11,12). The second kappa shape index (κ2) is 14.0. The van der Waals surface area contributed by atoms with Gasteiger partial charge in [-0.15, -0.1) is 0 Å². The van der Waals surface area contributed by atoms with Gasteiger partial charge >= 0.3 is 17.9 Å². The van der Waals surface area contributed by atoms with Gasteiger partial charge in [0, 0.05) is 6.54 Å². The predicted molar refractivity (Wildman–Crippen MR) is 118 cm³/mol. The van der Waals surface area contributed by atoms with Crippen molar-refractivity contribution in [2.75, 3.05) is 26.2 Å². The molecule has 1 aromatic heterocycles. The van der Waals surface area contributed by atoms with E-state index in [-0.39, 0.29) is 6.10 Å². The van der Waals surface area contributed by atoms with Crippen LogP contribution >= 0.6 is 0 Å². The van der Waals surface area contributed by atoms with Gasteiger partial charge < -0.3 is 34.5 Å². The summed E-state index contributed by atoms with van der Waals surface area (Å²) >= 11 is 0. The Labute approximate surface area is 192 Å². The maximum atomic E-state index is 10.3. The summed E-state index contributed by atoms with van der Waals surface area (Å²) < 4.78 is 11.6. The van der Waals surface area contributed by atoms with E-state index in [1.807, 2.05) is 30.3 Å². The molecule has 0 radical (unpaired) electrons. The quantitative estimate of drug-likeness (QED) is 0.346. The lowest BCUT2D eigenvalue weighted by Crippen LogP contribution is -2.42. The van der Waals surface area contributed by atoms with Crippen molar-refractivity contribution in [1.82, 2.24) is 4.90 Å². The molecule has 0 saturated heterocycles. The van der Waals surface area contributed by atoms with Gasteiger partial charge in [-0.1, -0.05) is 44.2 Å². The minimum atomic E-state index is -2.74. The SMILES string of the molecule is CCN(CC)CCOC(c1ccccc1)c1ccco1.O=C(O)CC(O)(CC(=O)O)C(=O)O. The molecule has 1 heterocycles. The number of carboxylic acids is 3. The lowest BCUT2D eigenvalue weighted by Gasteiger charge is -2.21. The Morgan fingerprint density at radius 1 is 0.970 bits per heavy atom.